The van der Waals surface area contributed by atoms with Gasteiger partial charge in [-0.2, -0.15) is 0 Å². The predicted octanol–water partition coefficient (Wildman–Crippen LogP) is 2.67. The molecule has 0 N–H and O–H groups in total. The Bertz CT molecular complexity index is 508. The van der Waals surface area contributed by atoms with Crippen LogP contribution in [0.3, 0.4) is 0 Å². The van der Waals surface area contributed by atoms with Crippen LogP contribution in [0.4, 0.5) is 0 Å². The molecule has 1 aliphatic rings. The summed E-state index contributed by atoms with van der Waals surface area (Å²) < 4.78 is 35.5. The first kappa shape index (κ1) is 14.2. The summed E-state index contributed by atoms with van der Waals surface area (Å²) in [5, 5.41) is 0. The molecule has 1 fully saturated rings. The highest BCUT2D eigenvalue weighted by Gasteiger charge is 2.29. The van der Waals surface area contributed by atoms with Gasteiger partial charge in [-0.05, 0) is 30.9 Å². The summed E-state index contributed by atoms with van der Waals surface area (Å²) in [7, 11) is -0.428. The molecular weight excluding hydrogens is 264 g/mol. The van der Waals surface area contributed by atoms with E-state index in [-0.39, 0.29) is 16.6 Å². The summed E-state index contributed by atoms with van der Waals surface area (Å²) in [4.78, 5) is 0.187. The van der Waals surface area contributed by atoms with Gasteiger partial charge >= 0.3 is 0 Å². The van der Waals surface area contributed by atoms with Crippen molar-refractivity contribution in [3.63, 3.8) is 0 Å². The maximum atomic E-state index is 12.6. The summed E-state index contributed by atoms with van der Waals surface area (Å²) in [5.74, 6) is 1.17. The van der Waals surface area contributed by atoms with Gasteiger partial charge in [0.1, 0.15) is 11.5 Å². The van der Waals surface area contributed by atoms with Gasteiger partial charge in [0, 0.05) is 0 Å². The summed E-state index contributed by atoms with van der Waals surface area (Å²) in [6.07, 6.45) is 4.25. The largest absolute Gasteiger partial charge is 0.495 e. The van der Waals surface area contributed by atoms with Crippen molar-refractivity contribution >= 4 is 9.84 Å². The van der Waals surface area contributed by atoms with Crippen LogP contribution < -0.4 is 9.47 Å². The van der Waals surface area contributed by atoms with E-state index in [1.54, 1.807) is 18.2 Å². The molecule has 0 amide bonds. The molecule has 0 aliphatic heterocycles. The fraction of sp³-hybridized carbons (Fsp3) is 0.571. The Morgan fingerprint density at radius 1 is 1.11 bits per heavy atom. The smallest absolute Gasteiger partial charge is 0.185 e. The minimum atomic E-state index is -3.38. The number of rotatable bonds is 5. The van der Waals surface area contributed by atoms with Crippen molar-refractivity contribution in [1.82, 2.24) is 0 Å². The summed E-state index contributed by atoms with van der Waals surface area (Å²) in [6.45, 7) is 0. The maximum absolute atomic E-state index is 12.6. The van der Waals surface area contributed by atoms with Crippen LogP contribution in [0.5, 0.6) is 11.5 Å². The van der Waals surface area contributed by atoms with Gasteiger partial charge in [0.2, 0.25) is 0 Å². The average Bonchev–Trinajstić information content (AvgIpc) is 2.89. The second-order valence-corrected chi connectivity index (χ2v) is 6.89. The lowest BCUT2D eigenvalue weighted by atomic mass is 10.1. The monoisotopic (exact) mass is 284 g/mol. The molecule has 0 aromatic heterocycles. The summed E-state index contributed by atoms with van der Waals surface area (Å²) in [6, 6.07) is 5.04. The highest BCUT2D eigenvalue weighted by Crippen LogP contribution is 2.36. The van der Waals surface area contributed by atoms with Crippen LogP contribution in [0.15, 0.2) is 23.1 Å². The van der Waals surface area contributed by atoms with E-state index in [1.165, 1.54) is 14.2 Å². The molecule has 4 nitrogen and oxygen atoms in total. The van der Waals surface area contributed by atoms with E-state index in [4.69, 9.17) is 9.47 Å². The Morgan fingerprint density at radius 3 is 2.11 bits per heavy atom. The molecule has 1 aromatic rings. The van der Waals surface area contributed by atoms with Crippen LogP contribution in [0.2, 0.25) is 0 Å². The van der Waals surface area contributed by atoms with Gasteiger partial charge in [0.15, 0.2) is 14.7 Å². The standard InChI is InChI=1S/C14H20O4S/c1-17-12-8-5-9-13(18-2)14(12)19(15,16)10-11-6-3-4-7-11/h5,8-9,11H,3-4,6-7,10H2,1-2H3. The van der Waals surface area contributed by atoms with E-state index in [2.05, 4.69) is 0 Å². The van der Waals surface area contributed by atoms with Crippen LogP contribution >= 0.6 is 0 Å². The van der Waals surface area contributed by atoms with Crippen LogP contribution in [0.25, 0.3) is 0 Å². The number of sulfone groups is 1. The van der Waals surface area contributed by atoms with Crippen molar-refractivity contribution in [2.75, 3.05) is 20.0 Å². The van der Waals surface area contributed by atoms with Gasteiger partial charge in [0.05, 0.1) is 20.0 Å². The Balaban J connectivity index is 2.38. The molecule has 0 saturated heterocycles. The zero-order chi connectivity index (χ0) is 13.9. The highest BCUT2D eigenvalue weighted by molar-refractivity contribution is 7.91. The van der Waals surface area contributed by atoms with Crippen LogP contribution in [-0.2, 0) is 9.84 Å². The molecular formula is C14H20O4S. The fourth-order valence-electron chi connectivity index (χ4n) is 2.69. The third kappa shape index (κ3) is 3.03. The van der Waals surface area contributed by atoms with Gasteiger partial charge in [-0.1, -0.05) is 18.9 Å². The summed E-state index contributed by atoms with van der Waals surface area (Å²) >= 11 is 0. The van der Waals surface area contributed by atoms with Crippen molar-refractivity contribution in [2.24, 2.45) is 5.92 Å². The number of benzene rings is 1. The first-order valence-corrected chi connectivity index (χ1v) is 8.17. The first-order chi connectivity index (χ1) is 9.08. The van der Waals surface area contributed by atoms with E-state index in [0.29, 0.717) is 11.5 Å². The summed E-state index contributed by atoms with van der Waals surface area (Å²) in [5.41, 5.74) is 0. The van der Waals surface area contributed by atoms with E-state index in [1.807, 2.05) is 0 Å². The SMILES string of the molecule is COc1cccc(OC)c1S(=O)(=O)CC1CCCC1. The lowest BCUT2D eigenvalue weighted by Gasteiger charge is -2.15. The molecule has 1 aromatic carbocycles. The third-order valence-electron chi connectivity index (χ3n) is 3.62. The molecule has 19 heavy (non-hydrogen) atoms. The molecule has 0 radical (unpaired) electrons. The van der Waals surface area contributed by atoms with Crippen LogP contribution in [0, 0.1) is 5.92 Å². The molecule has 0 bridgehead atoms. The second-order valence-electron chi connectivity index (χ2n) is 4.92. The molecule has 2 rings (SSSR count). The quantitative estimate of drug-likeness (QED) is 0.834. The Labute approximate surface area is 114 Å². The van der Waals surface area contributed by atoms with Crippen molar-refractivity contribution in [1.29, 1.82) is 0 Å². The Morgan fingerprint density at radius 2 is 1.63 bits per heavy atom. The first-order valence-electron chi connectivity index (χ1n) is 6.52. The lowest BCUT2D eigenvalue weighted by Crippen LogP contribution is -2.16. The van der Waals surface area contributed by atoms with Gasteiger partial charge in [-0.15, -0.1) is 0 Å². The van der Waals surface area contributed by atoms with Crippen LogP contribution in [0.1, 0.15) is 25.7 Å². The van der Waals surface area contributed by atoms with Gasteiger partial charge in [-0.3, -0.25) is 0 Å². The number of ether oxygens (including phenoxy) is 2. The molecule has 5 heteroatoms. The van der Waals surface area contributed by atoms with Crippen molar-refractivity contribution < 1.29 is 17.9 Å². The lowest BCUT2D eigenvalue weighted by molar-refractivity contribution is 0.373. The van der Waals surface area contributed by atoms with Gasteiger partial charge in [0.25, 0.3) is 0 Å². The van der Waals surface area contributed by atoms with E-state index in [0.717, 1.165) is 25.7 Å². The third-order valence-corrected chi connectivity index (χ3v) is 5.56. The normalized spacial score (nSPS) is 16.5. The van der Waals surface area contributed by atoms with E-state index >= 15 is 0 Å². The number of hydrogen-bond acceptors (Lipinski definition) is 4. The highest BCUT2D eigenvalue weighted by atomic mass is 32.2. The minimum Gasteiger partial charge on any atom is -0.495 e. The molecule has 0 spiro atoms. The maximum Gasteiger partial charge on any atom is 0.185 e. The number of methoxy groups -OCH3 is 2. The van der Waals surface area contributed by atoms with Gasteiger partial charge < -0.3 is 9.47 Å². The molecule has 106 valence electrons. The molecule has 1 aliphatic carbocycles. The second kappa shape index (κ2) is 5.82. The molecule has 0 unspecified atom stereocenters. The minimum absolute atomic E-state index is 0.184. The number of hydrogen-bond donors (Lipinski definition) is 0. The van der Waals surface area contributed by atoms with Crippen molar-refractivity contribution in [3.05, 3.63) is 18.2 Å². The zero-order valence-corrected chi connectivity index (χ0v) is 12.2. The Hall–Kier alpha value is -1.23. The van der Waals surface area contributed by atoms with E-state index < -0.39 is 9.84 Å². The van der Waals surface area contributed by atoms with Crippen molar-refractivity contribution in [3.8, 4) is 11.5 Å². The average molecular weight is 284 g/mol. The molecule has 0 atom stereocenters. The molecule has 0 heterocycles. The topological polar surface area (TPSA) is 52.6 Å². The van der Waals surface area contributed by atoms with Crippen LogP contribution in [-0.4, -0.2) is 28.4 Å². The van der Waals surface area contributed by atoms with E-state index in [9.17, 15) is 8.42 Å². The molecule has 1 saturated carbocycles. The Kier molecular flexibility index (Phi) is 4.34. The predicted molar refractivity (Wildman–Crippen MR) is 73.6 cm³/mol. The zero-order valence-electron chi connectivity index (χ0n) is 11.4. The van der Waals surface area contributed by atoms with Gasteiger partial charge in [-0.25, -0.2) is 8.42 Å². The van der Waals surface area contributed by atoms with Crippen molar-refractivity contribution in [2.45, 2.75) is 30.6 Å². The fourth-order valence-corrected chi connectivity index (χ4v) is 4.73.